The summed E-state index contributed by atoms with van der Waals surface area (Å²) in [5.41, 5.74) is 3.37. The molecule has 3 rings (SSSR count). The molecular formula is C16H19N3O3. The molecular weight excluding hydrogens is 282 g/mol. The number of oxazole rings is 1. The van der Waals surface area contributed by atoms with Gasteiger partial charge in [-0.1, -0.05) is 6.07 Å². The first-order valence-electron chi connectivity index (χ1n) is 7.28. The van der Waals surface area contributed by atoms with Crippen LogP contribution in [-0.4, -0.2) is 34.7 Å². The van der Waals surface area contributed by atoms with Crippen molar-refractivity contribution in [1.82, 2.24) is 10.3 Å². The molecule has 6 heteroatoms. The summed E-state index contributed by atoms with van der Waals surface area (Å²) in [6.45, 7) is 4.28. The Bertz CT molecular complexity index is 696. The number of aryl methyl sites for hydroxylation is 2. The van der Waals surface area contributed by atoms with Gasteiger partial charge in [0, 0.05) is 17.8 Å². The lowest BCUT2D eigenvalue weighted by atomic mass is 10.1. The van der Waals surface area contributed by atoms with Crippen molar-refractivity contribution >= 4 is 11.6 Å². The van der Waals surface area contributed by atoms with Gasteiger partial charge in [-0.2, -0.15) is 0 Å². The lowest BCUT2D eigenvalue weighted by Gasteiger charge is -2.12. The number of β-amino-alcohol motifs (C(OH)–C–C–N with tert-alkyl or cyclic N) is 1. The van der Waals surface area contributed by atoms with Crippen LogP contribution in [-0.2, 0) is 4.79 Å². The highest BCUT2D eigenvalue weighted by Crippen LogP contribution is 2.26. The van der Waals surface area contributed by atoms with E-state index in [0.717, 1.165) is 16.8 Å². The van der Waals surface area contributed by atoms with Crippen LogP contribution in [0.5, 0.6) is 0 Å². The SMILES string of the molecule is Cc1coc(-c2cc(NC(=O)C3CC(O)CN3)ccc2C)n1. The predicted molar refractivity (Wildman–Crippen MR) is 82.5 cm³/mol. The summed E-state index contributed by atoms with van der Waals surface area (Å²) in [6.07, 6.45) is 1.58. The number of benzene rings is 1. The maximum Gasteiger partial charge on any atom is 0.241 e. The summed E-state index contributed by atoms with van der Waals surface area (Å²) in [4.78, 5) is 16.5. The number of anilines is 1. The number of aliphatic hydroxyl groups is 1. The molecule has 2 atom stereocenters. The van der Waals surface area contributed by atoms with Crippen LogP contribution in [0, 0.1) is 13.8 Å². The monoisotopic (exact) mass is 301 g/mol. The molecule has 22 heavy (non-hydrogen) atoms. The van der Waals surface area contributed by atoms with Gasteiger partial charge in [0.1, 0.15) is 6.26 Å². The molecule has 0 spiro atoms. The number of amides is 1. The summed E-state index contributed by atoms with van der Waals surface area (Å²) in [6, 6.07) is 5.26. The fourth-order valence-electron chi connectivity index (χ4n) is 2.55. The van der Waals surface area contributed by atoms with E-state index >= 15 is 0 Å². The van der Waals surface area contributed by atoms with Crippen molar-refractivity contribution in [2.45, 2.75) is 32.4 Å². The minimum absolute atomic E-state index is 0.144. The number of nitrogens with zero attached hydrogens (tertiary/aromatic N) is 1. The Hall–Kier alpha value is -2.18. The van der Waals surface area contributed by atoms with E-state index in [4.69, 9.17) is 4.42 Å². The predicted octanol–water partition coefficient (Wildman–Crippen LogP) is 1.62. The van der Waals surface area contributed by atoms with Crippen molar-refractivity contribution in [1.29, 1.82) is 0 Å². The first-order valence-corrected chi connectivity index (χ1v) is 7.28. The van der Waals surface area contributed by atoms with E-state index in [0.29, 0.717) is 24.5 Å². The van der Waals surface area contributed by atoms with Crippen LogP contribution < -0.4 is 10.6 Å². The number of hydrogen-bond donors (Lipinski definition) is 3. The Kier molecular flexibility index (Phi) is 3.96. The van der Waals surface area contributed by atoms with Crippen molar-refractivity contribution in [3.05, 3.63) is 35.7 Å². The number of aliphatic hydroxyl groups excluding tert-OH is 1. The van der Waals surface area contributed by atoms with Gasteiger partial charge in [0.2, 0.25) is 11.8 Å². The number of carbonyl (C=O) groups excluding carboxylic acids is 1. The zero-order valence-corrected chi connectivity index (χ0v) is 12.6. The topological polar surface area (TPSA) is 87.4 Å². The van der Waals surface area contributed by atoms with Crippen molar-refractivity contribution in [2.75, 3.05) is 11.9 Å². The fourth-order valence-corrected chi connectivity index (χ4v) is 2.55. The molecule has 0 radical (unpaired) electrons. The van der Waals surface area contributed by atoms with Crippen LogP contribution in [0.15, 0.2) is 28.9 Å². The standard InChI is InChI=1S/C16H19N3O3/c1-9-3-4-11(5-13(9)16-18-10(2)8-22-16)19-15(21)14-6-12(20)7-17-14/h3-5,8,12,14,17,20H,6-7H2,1-2H3,(H,19,21). The molecule has 1 aromatic heterocycles. The number of carbonyl (C=O) groups is 1. The second-order valence-electron chi connectivity index (χ2n) is 5.66. The molecule has 1 saturated heterocycles. The summed E-state index contributed by atoms with van der Waals surface area (Å²) in [5, 5.41) is 15.3. The lowest BCUT2D eigenvalue weighted by Crippen LogP contribution is -2.35. The van der Waals surface area contributed by atoms with Gasteiger partial charge in [-0.25, -0.2) is 4.98 Å². The van der Waals surface area contributed by atoms with Crippen molar-refractivity contribution in [2.24, 2.45) is 0 Å². The van der Waals surface area contributed by atoms with Crippen molar-refractivity contribution in [3.63, 3.8) is 0 Å². The van der Waals surface area contributed by atoms with Crippen molar-refractivity contribution in [3.8, 4) is 11.5 Å². The van der Waals surface area contributed by atoms with E-state index in [9.17, 15) is 9.90 Å². The van der Waals surface area contributed by atoms with Crippen molar-refractivity contribution < 1.29 is 14.3 Å². The van der Waals surface area contributed by atoms with Gasteiger partial charge in [0.25, 0.3) is 0 Å². The summed E-state index contributed by atoms with van der Waals surface area (Å²) >= 11 is 0. The maximum absolute atomic E-state index is 12.2. The van der Waals surface area contributed by atoms with E-state index in [2.05, 4.69) is 15.6 Å². The van der Waals surface area contributed by atoms with Crippen LogP contribution in [0.3, 0.4) is 0 Å². The molecule has 1 aromatic carbocycles. The van der Waals surface area contributed by atoms with Gasteiger partial charge in [-0.3, -0.25) is 4.79 Å². The minimum Gasteiger partial charge on any atom is -0.444 e. The summed E-state index contributed by atoms with van der Waals surface area (Å²) in [7, 11) is 0. The molecule has 3 N–H and O–H groups in total. The third kappa shape index (κ3) is 3.03. The molecule has 2 aromatic rings. The smallest absolute Gasteiger partial charge is 0.241 e. The molecule has 0 bridgehead atoms. The average molecular weight is 301 g/mol. The number of aromatic nitrogens is 1. The quantitative estimate of drug-likeness (QED) is 0.802. The zero-order valence-electron chi connectivity index (χ0n) is 12.6. The zero-order chi connectivity index (χ0) is 15.7. The Balaban J connectivity index is 1.79. The fraction of sp³-hybridized carbons (Fsp3) is 0.375. The van der Waals surface area contributed by atoms with Gasteiger partial charge in [0.05, 0.1) is 17.8 Å². The normalized spacial score (nSPS) is 21.0. The van der Waals surface area contributed by atoms with Gasteiger partial charge in [0.15, 0.2) is 0 Å². The first-order chi connectivity index (χ1) is 10.5. The van der Waals surface area contributed by atoms with Crippen LogP contribution >= 0.6 is 0 Å². The highest BCUT2D eigenvalue weighted by molar-refractivity contribution is 5.95. The number of hydrogen-bond acceptors (Lipinski definition) is 5. The van der Waals surface area contributed by atoms with Crippen LogP contribution in [0.2, 0.25) is 0 Å². The van der Waals surface area contributed by atoms with Crippen LogP contribution in [0.1, 0.15) is 17.7 Å². The number of nitrogens with one attached hydrogen (secondary N) is 2. The van der Waals surface area contributed by atoms with E-state index in [-0.39, 0.29) is 11.9 Å². The molecule has 6 nitrogen and oxygen atoms in total. The Morgan fingerprint density at radius 3 is 2.91 bits per heavy atom. The van der Waals surface area contributed by atoms with Gasteiger partial charge in [-0.05, 0) is 38.0 Å². The van der Waals surface area contributed by atoms with Gasteiger partial charge < -0.3 is 20.2 Å². The van der Waals surface area contributed by atoms with Gasteiger partial charge in [-0.15, -0.1) is 0 Å². The Labute approximate surface area is 128 Å². The highest BCUT2D eigenvalue weighted by Gasteiger charge is 2.28. The maximum atomic E-state index is 12.2. The van der Waals surface area contributed by atoms with Gasteiger partial charge >= 0.3 is 0 Å². The molecule has 1 aliphatic rings. The third-order valence-corrected chi connectivity index (χ3v) is 3.78. The third-order valence-electron chi connectivity index (χ3n) is 3.78. The van der Waals surface area contributed by atoms with E-state index in [1.807, 2.05) is 32.0 Å². The molecule has 1 aliphatic heterocycles. The summed E-state index contributed by atoms with van der Waals surface area (Å²) in [5.74, 6) is 0.399. The minimum atomic E-state index is -0.459. The Morgan fingerprint density at radius 1 is 1.45 bits per heavy atom. The van der Waals surface area contributed by atoms with Crippen LogP contribution in [0.4, 0.5) is 5.69 Å². The van der Waals surface area contributed by atoms with E-state index in [1.54, 1.807) is 6.26 Å². The summed E-state index contributed by atoms with van der Waals surface area (Å²) < 4.78 is 5.44. The first kappa shape index (κ1) is 14.7. The number of rotatable bonds is 3. The molecule has 0 saturated carbocycles. The molecule has 116 valence electrons. The highest BCUT2D eigenvalue weighted by atomic mass is 16.3. The molecule has 2 heterocycles. The van der Waals surface area contributed by atoms with E-state index < -0.39 is 6.10 Å². The van der Waals surface area contributed by atoms with Crippen LogP contribution in [0.25, 0.3) is 11.5 Å². The molecule has 0 aliphatic carbocycles. The second-order valence-corrected chi connectivity index (χ2v) is 5.66. The lowest BCUT2D eigenvalue weighted by molar-refractivity contribution is -0.117. The average Bonchev–Trinajstić information content (AvgIpc) is 3.10. The largest absolute Gasteiger partial charge is 0.444 e. The molecule has 1 amide bonds. The molecule has 1 fully saturated rings. The van der Waals surface area contributed by atoms with E-state index in [1.165, 1.54) is 0 Å². The Morgan fingerprint density at radius 2 is 2.27 bits per heavy atom. The second kappa shape index (κ2) is 5.90. The molecule has 2 unspecified atom stereocenters.